The van der Waals surface area contributed by atoms with Crippen molar-refractivity contribution in [3.05, 3.63) is 35.6 Å². The van der Waals surface area contributed by atoms with Crippen molar-refractivity contribution in [1.82, 2.24) is 5.32 Å². The average Bonchev–Trinajstić information content (AvgIpc) is 3.16. The maximum atomic E-state index is 12.7. The lowest BCUT2D eigenvalue weighted by Crippen LogP contribution is -2.33. The first-order valence-electron chi connectivity index (χ1n) is 6.72. The van der Waals surface area contributed by atoms with E-state index >= 15 is 0 Å². The van der Waals surface area contributed by atoms with Crippen molar-refractivity contribution in [2.45, 2.75) is 38.6 Å². The molecule has 100 valence electrons. The molecule has 1 fully saturated rings. The molecule has 0 radical (unpaired) electrons. The van der Waals surface area contributed by atoms with Gasteiger partial charge in [0.05, 0.1) is 0 Å². The molecule has 0 heterocycles. The number of hydrogen-bond donors (Lipinski definition) is 2. The topological polar surface area (TPSA) is 32.3 Å². The number of nitrogens with one attached hydrogen (secondary N) is 1. The van der Waals surface area contributed by atoms with Gasteiger partial charge < -0.3 is 10.4 Å². The summed E-state index contributed by atoms with van der Waals surface area (Å²) in [5.41, 5.74) is 1.35. The summed E-state index contributed by atoms with van der Waals surface area (Å²) >= 11 is 0. The fourth-order valence-electron chi connectivity index (χ4n) is 2.09. The monoisotopic (exact) mass is 251 g/mol. The highest BCUT2D eigenvalue weighted by atomic mass is 19.1. The van der Waals surface area contributed by atoms with Crippen LogP contribution in [0.25, 0.3) is 0 Å². The Morgan fingerprint density at radius 1 is 1.33 bits per heavy atom. The zero-order valence-corrected chi connectivity index (χ0v) is 11.0. The van der Waals surface area contributed by atoms with Crippen LogP contribution < -0.4 is 5.32 Å². The third-order valence-corrected chi connectivity index (χ3v) is 3.90. The van der Waals surface area contributed by atoms with Gasteiger partial charge in [-0.25, -0.2) is 4.39 Å². The molecule has 2 N–H and O–H groups in total. The van der Waals surface area contributed by atoms with E-state index in [0.717, 1.165) is 32.2 Å². The van der Waals surface area contributed by atoms with Crippen molar-refractivity contribution in [2.75, 3.05) is 13.2 Å². The first kappa shape index (κ1) is 13.5. The molecule has 1 unspecified atom stereocenters. The maximum absolute atomic E-state index is 12.7. The molecule has 1 aliphatic carbocycles. The Morgan fingerprint density at radius 2 is 2.00 bits per heavy atom. The molecule has 2 rings (SSSR count). The van der Waals surface area contributed by atoms with Gasteiger partial charge in [-0.2, -0.15) is 0 Å². The normalized spacial score (nSPS) is 18.6. The summed E-state index contributed by atoms with van der Waals surface area (Å²) in [6.07, 6.45) is 4.27. The number of aliphatic hydroxyl groups is 1. The molecule has 0 spiro atoms. The number of benzene rings is 1. The molecule has 0 aliphatic heterocycles. The SMILES string of the molecule is CC(CCc1ccc(F)cc1)NCC1(CO)CC1. The lowest BCUT2D eigenvalue weighted by molar-refractivity contribution is 0.204. The minimum Gasteiger partial charge on any atom is -0.396 e. The van der Waals surface area contributed by atoms with Crippen LogP contribution >= 0.6 is 0 Å². The zero-order valence-electron chi connectivity index (χ0n) is 11.0. The lowest BCUT2D eigenvalue weighted by Gasteiger charge is -2.18. The van der Waals surface area contributed by atoms with Crippen LogP contribution in [0.5, 0.6) is 0 Å². The van der Waals surface area contributed by atoms with Gasteiger partial charge in [0.15, 0.2) is 0 Å². The number of aryl methyl sites for hydroxylation is 1. The van der Waals surface area contributed by atoms with Crippen LogP contribution in [0, 0.1) is 11.2 Å². The van der Waals surface area contributed by atoms with E-state index in [9.17, 15) is 9.50 Å². The van der Waals surface area contributed by atoms with E-state index in [-0.39, 0.29) is 11.2 Å². The van der Waals surface area contributed by atoms with Crippen molar-refractivity contribution >= 4 is 0 Å². The van der Waals surface area contributed by atoms with Crippen molar-refractivity contribution in [3.8, 4) is 0 Å². The molecule has 0 saturated heterocycles. The van der Waals surface area contributed by atoms with Gasteiger partial charge in [-0.1, -0.05) is 12.1 Å². The minimum atomic E-state index is -0.177. The van der Waals surface area contributed by atoms with E-state index < -0.39 is 0 Å². The highest BCUT2D eigenvalue weighted by molar-refractivity contribution is 5.16. The fourth-order valence-corrected chi connectivity index (χ4v) is 2.09. The summed E-state index contributed by atoms with van der Waals surface area (Å²) in [5, 5.41) is 12.7. The summed E-state index contributed by atoms with van der Waals surface area (Å²) in [4.78, 5) is 0. The maximum Gasteiger partial charge on any atom is 0.123 e. The van der Waals surface area contributed by atoms with Gasteiger partial charge in [-0.3, -0.25) is 0 Å². The third-order valence-electron chi connectivity index (χ3n) is 3.90. The van der Waals surface area contributed by atoms with Crippen LogP contribution in [0.4, 0.5) is 4.39 Å². The second-order valence-electron chi connectivity index (χ2n) is 5.61. The number of halogens is 1. The van der Waals surface area contributed by atoms with E-state index in [1.807, 2.05) is 12.1 Å². The third kappa shape index (κ3) is 3.79. The molecular weight excluding hydrogens is 229 g/mol. The quantitative estimate of drug-likeness (QED) is 0.780. The average molecular weight is 251 g/mol. The van der Waals surface area contributed by atoms with Crippen LogP contribution in [-0.2, 0) is 6.42 Å². The van der Waals surface area contributed by atoms with E-state index in [2.05, 4.69) is 12.2 Å². The van der Waals surface area contributed by atoms with Crippen LogP contribution in [0.3, 0.4) is 0 Å². The molecule has 2 nitrogen and oxygen atoms in total. The molecule has 0 aromatic heterocycles. The zero-order chi connectivity index (χ0) is 13.0. The van der Waals surface area contributed by atoms with Crippen molar-refractivity contribution < 1.29 is 9.50 Å². The number of rotatable bonds is 7. The van der Waals surface area contributed by atoms with Gasteiger partial charge in [-0.15, -0.1) is 0 Å². The second kappa shape index (κ2) is 5.81. The first-order valence-corrected chi connectivity index (χ1v) is 6.72. The molecular formula is C15H22FNO. The lowest BCUT2D eigenvalue weighted by atomic mass is 10.0. The fraction of sp³-hybridized carbons (Fsp3) is 0.600. The van der Waals surface area contributed by atoms with Gasteiger partial charge in [-0.05, 0) is 50.3 Å². The van der Waals surface area contributed by atoms with Crippen molar-refractivity contribution in [1.29, 1.82) is 0 Å². The molecule has 18 heavy (non-hydrogen) atoms. The summed E-state index contributed by atoms with van der Waals surface area (Å²) in [5.74, 6) is -0.177. The molecule has 3 heteroatoms. The number of hydrogen-bond acceptors (Lipinski definition) is 2. The van der Waals surface area contributed by atoms with Gasteiger partial charge in [0.2, 0.25) is 0 Å². The van der Waals surface area contributed by atoms with Crippen LogP contribution in [0.15, 0.2) is 24.3 Å². The molecule has 0 amide bonds. The Bertz CT molecular complexity index is 373. The molecule has 1 aromatic rings. The molecule has 1 aromatic carbocycles. The number of aliphatic hydroxyl groups excluding tert-OH is 1. The molecule has 1 aliphatic rings. The summed E-state index contributed by atoms with van der Waals surface area (Å²) in [6.45, 7) is 3.37. The Balaban J connectivity index is 1.68. The summed E-state index contributed by atoms with van der Waals surface area (Å²) in [7, 11) is 0. The van der Waals surface area contributed by atoms with E-state index in [0.29, 0.717) is 12.6 Å². The van der Waals surface area contributed by atoms with Crippen LogP contribution in [-0.4, -0.2) is 24.3 Å². The summed E-state index contributed by atoms with van der Waals surface area (Å²) in [6, 6.07) is 7.15. The van der Waals surface area contributed by atoms with E-state index in [4.69, 9.17) is 0 Å². The van der Waals surface area contributed by atoms with Crippen molar-refractivity contribution in [3.63, 3.8) is 0 Å². The highest BCUT2D eigenvalue weighted by Gasteiger charge is 2.41. The highest BCUT2D eigenvalue weighted by Crippen LogP contribution is 2.44. The second-order valence-corrected chi connectivity index (χ2v) is 5.61. The first-order chi connectivity index (χ1) is 8.63. The minimum absolute atomic E-state index is 0.171. The van der Waals surface area contributed by atoms with Crippen LogP contribution in [0.1, 0.15) is 31.7 Å². The van der Waals surface area contributed by atoms with E-state index in [1.165, 1.54) is 17.7 Å². The molecule has 1 atom stereocenters. The standard InChI is InChI=1S/C15H22FNO/c1-12(17-10-15(11-18)8-9-15)2-3-13-4-6-14(16)7-5-13/h4-7,12,17-18H,2-3,8-11H2,1H3. The largest absolute Gasteiger partial charge is 0.396 e. The Morgan fingerprint density at radius 3 is 2.56 bits per heavy atom. The van der Waals surface area contributed by atoms with Gasteiger partial charge in [0, 0.05) is 24.6 Å². The molecule has 0 bridgehead atoms. The van der Waals surface area contributed by atoms with Crippen LogP contribution in [0.2, 0.25) is 0 Å². The Kier molecular flexibility index (Phi) is 4.36. The Hall–Kier alpha value is -0.930. The van der Waals surface area contributed by atoms with Gasteiger partial charge in [0.1, 0.15) is 5.82 Å². The van der Waals surface area contributed by atoms with Gasteiger partial charge in [0.25, 0.3) is 0 Å². The van der Waals surface area contributed by atoms with Gasteiger partial charge >= 0.3 is 0 Å². The smallest absolute Gasteiger partial charge is 0.123 e. The van der Waals surface area contributed by atoms with E-state index in [1.54, 1.807) is 0 Å². The van der Waals surface area contributed by atoms with Crippen molar-refractivity contribution in [2.24, 2.45) is 5.41 Å². The summed E-state index contributed by atoms with van der Waals surface area (Å²) < 4.78 is 12.7. The predicted molar refractivity (Wildman–Crippen MR) is 70.9 cm³/mol. The molecule has 1 saturated carbocycles. The predicted octanol–water partition coefficient (Wildman–Crippen LogP) is 2.51. The Labute approximate surface area is 108 Å².